The highest BCUT2D eigenvalue weighted by molar-refractivity contribution is 5.36. The van der Waals surface area contributed by atoms with Crippen LogP contribution in [0, 0.1) is 0 Å². The van der Waals surface area contributed by atoms with Crippen LogP contribution >= 0.6 is 0 Å². The first kappa shape index (κ1) is 18.4. The van der Waals surface area contributed by atoms with Crippen molar-refractivity contribution in [3.05, 3.63) is 108 Å². The van der Waals surface area contributed by atoms with Crippen molar-refractivity contribution in [1.82, 2.24) is 0 Å². The van der Waals surface area contributed by atoms with Gasteiger partial charge in [0.2, 0.25) is 0 Å². The van der Waals surface area contributed by atoms with Gasteiger partial charge in [-0.2, -0.15) is 0 Å². The molecule has 0 aromatic heterocycles. The zero-order valence-corrected chi connectivity index (χ0v) is 15.7. The summed E-state index contributed by atoms with van der Waals surface area (Å²) in [6.45, 7) is 4.54. The maximum Gasteiger partial charge on any atom is 0.115 e. The van der Waals surface area contributed by atoms with Crippen molar-refractivity contribution < 1.29 is 5.11 Å². The first-order valence-electron chi connectivity index (χ1n) is 9.47. The van der Waals surface area contributed by atoms with E-state index in [1.165, 1.54) is 5.56 Å². The van der Waals surface area contributed by atoms with Gasteiger partial charge in [-0.15, -0.1) is 0 Å². The van der Waals surface area contributed by atoms with Crippen LogP contribution in [0.15, 0.2) is 91.0 Å². The van der Waals surface area contributed by atoms with E-state index in [4.69, 9.17) is 0 Å². The molecule has 3 rings (SSSR count). The summed E-state index contributed by atoms with van der Waals surface area (Å²) in [6.07, 6.45) is 2.63. The third-order valence-corrected chi connectivity index (χ3v) is 5.79. The van der Waals surface area contributed by atoms with E-state index in [0.29, 0.717) is 6.42 Å². The smallest absolute Gasteiger partial charge is 0.115 e. The van der Waals surface area contributed by atoms with Crippen LogP contribution in [0.4, 0.5) is 0 Å². The van der Waals surface area contributed by atoms with Crippen molar-refractivity contribution in [2.45, 2.75) is 44.1 Å². The Morgan fingerprint density at radius 3 is 1.38 bits per heavy atom. The maximum absolute atomic E-state index is 11.8. The Bertz CT molecular complexity index is 756. The number of rotatable bonds is 7. The molecule has 0 aliphatic carbocycles. The van der Waals surface area contributed by atoms with Gasteiger partial charge in [0, 0.05) is 0 Å². The second-order valence-electron chi connectivity index (χ2n) is 7.37. The Hall–Kier alpha value is -2.38. The highest BCUT2D eigenvalue weighted by Crippen LogP contribution is 2.40. The maximum atomic E-state index is 11.8. The van der Waals surface area contributed by atoms with Crippen molar-refractivity contribution >= 4 is 0 Å². The largest absolute Gasteiger partial charge is 0.380 e. The summed E-state index contributed by atoms with van der Waals surface area (Å²) in [5, 5.41) is 11.8. The molecule has 0 aliphatic heterocycles. The number of hydrogen-bond donors (Lipinski definition) is 1. The summed E-state index contributed by atoms with van der Waals surface area (Å²) in [4.78, 5) is 0. The highest BCUT2D eigenvalue weighted by atomic mass is 16.3. The third-order valence-electron chi connectivity index (χ3n) is 5.79. The van der Waals surface area contributed by atoms with Gasteiger partial charge >= 0.3 is 0 Å². The molecule has 0 saturated heterocycles. The third kappa shape index (κ3) is 3.73. The summed E-state index contributed by atoms with van der Waals surface area (Å²) >= 11 is 0. The van der Waals surface area contributed by atoms with Crippen LogP contribution in [-0.2, 0) is 11.0 Å². The van der Waals surface area contributed by atoms with E-state index in [9.17, 15) is 5.11 Å². The van der Waals surface area contributed by atoms with E-state index >= 15 is 0 Å². The minimum atomic E-state index is -0.978. The van der Waals surface area contributed by atoms with Gasteiger partial charge in [-0.1, -0.05) is 105 Å². The average molecular weight is 344 g/mol. The lowest BCUT2D eigenvalue weighted by atomic mass is 9.72. The molecule has 3 aromatic rings. The lowest BCUT2D eigenvalue weighted by molar-refractivity contribution is 0.0610. The van der Waals surface area contributed by atoms with Gasteiger partial charge in [-0.3, -0.25) is 0 Å². The molecule has 0 unspecified atom stereocenters. The minimum Gasteiger partial charge on any atom is -0.380 e. The van der Waals surface area contributed by atoms with Gasteiger partial charge in [-0.05, 0) is 41.4 Å². The number of benzene rings is 3. The lowest BCUT2D eigenvalue weighted by Gasteiger charge is -2.35. The molecule has 0 fully saturated rings. The molecular weight excluding hydrogens is 316 g/mol. The van der Waals surface area contributed by atoms with Crippen molar-refractivity contribution in [3.8, 4) is 0 Å². The zero-order chi connectivity index (χ0) is 18.5. The van der Waals surface area contributed by atoms with Crippen molar-refractivity contribution in [2.24, 2.45) is 0 Å². The van der Waals surface area contributed by atoms with Gasteiger partial charge in [0.05, 0.1) is 0 Å². The van der Waals surface area contributed by atoms with E-state index in [1.807, 2.05) is 60.7 Å². The monoisotopic (exact) mass is 344 g/mol. The van der Waals surface area contributed by atoms with Crippen molar-refractivity contribution in [1.29, 1.82) is 0 Å². The van der Waals surface area contributed by atoms with E-state index in [2.05, 4.69) is 44.2 Å². The van der Waals surface area contributed by atoms with Crippen LogP contribution in [0.1, 0.15) is 49.8 Å². The lowest BCUT2D eigenvalue weighted by Crippen LogP contribution is -2.31. The Morgan fingerprint density at radius 2 is 1.00 bits per heavy atom. The molecule has 0 heterocycles. The molecule has 0 saturated carbocycles. The standard InChI is InChI=1S/C25H28O/c1-3-24(2,21-13-7-4-8-14-21)19-20-25(26,22-15-9-5-10-16-22)23-17-11-6-12-18-23/h4-18,26H,3,19-20H2,1-2H3/t24-/m1/s1. The van der Waals surface area contributed by atoms with Gasteiger partial charge < -0.3 is 5.11 Å². The van der Waals surface area contributed by atoms with Gasteiger partial charge in [0.1, 0.15) is 5.60 Å². The molecule has 1 nitrogen and oxygen atoms in total. The Labute approximate surface area is 157 Å². The first-order valence-corrected chi connectivity index (χ1v) is 9.47. The van der Waals surface area contributed by atoms with Crippen LogP contribution in [0.5, 0.6) is 0 Å². The molecule has 1 heteroatoms. The van der Waals surface area contributed by atoms with Gasteiger partial charge in [0.15, 0.2) is 0 Å². The Kier molecular flexibility index (Phi) is 5.58. The molecule has 1 N–H and O–H groups in total. The second-order valence-corrected chi connectivity index (χ2v) is 7.37. The average Bonchev–Trinajstić information content (AvgIpc) is 2.73. The SMILES string of the molecule is CC[C@](C)(CCC(O)(c1ccccc1)c1ccccc1)c1ccccc1. The van der Waals surface area contributed by atoms with E-state index in [1.54, 1.807) is 0 Å². The van der Waals surface area contributed by atoms with Crippen LogP contribution < -0.4 is 0 Å². The molecule has 1 atom stereocenters. The molecular formula is C25H28O. The molecule has 26 heavy (non-hydrogen) atoms. The zero-order valence-electron chi connectivity index (χ0n) is 15.7. The van der Waals surface area contributed by atoms with Crippen molar-refractivity contribution in [2.75, 3.05) is 0 Å². The quantitative estimate of drug-likeness (QED) is 0.551. The number of hydrogen-bond acceptors (Lipinski definition) is 1. The molecule has 3 aromatic carbocycles. The second kappa shape index (κ2) is 7.88. The molecule has 134 valence electrons. The summed E-state index contributed by atoms with van der Waals surface area (Å²) in [5.74, 6) is 0. The fourth-order valence-electron chi connectivity index (χ4n) is 3.71. The van der Waals surface area contributed by atoms with Crippen LogP contribution in [0.3, 0.4) is 0 Å². The Morgan fingerprint density at radius 1 is 0.615 bits per heavy atom. The Balaban J connectivity index is 1.94. The normalized spacial score (nSPS) is 14.0. The van der Waals surface area contributed by atoms with Crippen LogP contribution in [0.25, 0.3) is 0 Å². The molecule has 0 amide bonds. The van der Waals surface area contributed by atoms with Crippen molar-refractivity contribution in [3.63, 3.8) is 0 Å². The predicted octanol–water partition coefficient (Wildman–Crippen LogP) is 6.07. The number of aliphatic hydroxyl groups is 1. The predicted molar refractivity (Wildman–Crippen MR) is 109 cm³/mol. The molecule has 0 radical (unpaired) electrons. The fourth-order valence-corrected chi connectivity index (χ4v) is 3.71. The van der Waals surface area contributed by atoms with E-state index in [0.717, 1.165) is 24.0 Å². The van der Waals surface area contributed by atoms with E-state index in [-0.39, 0.29) is 5.41 Å². The topological polar surface area (TPSA) is 20.2 Å². The van der Waals surface area contributed by atoms with Gasteiger partial charge in [0.25, 0.3) is 0 Å². The minimum absolute atomic E-state index is 0.0405. The van der Waals surface area contributed by atoms with Crippen LogP contribution in [0.2, 0.25) is 0 Å². The van der Waals surface area contributed by atoms with Gasteiger partial charge in [-0.25, -0.2) is 0 Å². The summed E-state index contributed by atoms with van der Waals surface area (Å²) < 4.78 is 0. The molecule has 0 aliphatic rings. The first-order chi connectivity index (χ1) is 12.6. The van der Waals surface area contributed by atoms with Crippen LogP contribution in [-0.4, -0.2) is 5.11 Å². The highest BCUT2D eigenvalue weighted by Gasteiger charge is 2.35. The molecule has 0 spiro atoms. The van der Waals surface area contributed by atoms with E-state index < -0.39 is 5.60 Å². The fraction of sp³-hybridized carbons (Fsp3) is 0.280. The summed E-state index contributed by atoms with van der Waals surface area (Å²) in [7, 11) is 0. The summed E-state index contributed by atoms with van der Waals surface area (Å²) in [5.41, 5.74) is 2.31. The molecule has 0 bridgehead atoms. The summed E-state index contributed by atoms with van der Waals surface area (Å²) in [6, 6.07) is 30.8.